The van der Waals surface area contributed by atoms with Crippen molar-refractivity contribution in [3.05, 3.63) is 29.3 Å². The van der Waals surface area contributed by atoms with Crippen LogP contribution in [-0.4, -0.2) is 12.0 Å². The molecule has 2 nitrogen and oxygen atoms in total. The van der Waals surface area contributed by atoms with Gasteiger partial charge in [0.05, 0.1) is 5.56 Å². The zero-order valence-corrected chi connectivity index (χ0v) is 8.67. The molecule has 1 aromatic carbocycles. The van der Waals surface area contributed by atoms with Crippen LogP contribution in [0.3, 0.4) is 0 Å². The van der Waals surface area contributed by atoms with E-state index < -0.39 is 11.7 Å². The number of nitrogens with one attached hydrogen (secondary N) is 1. The van der Waals surface area contributed by atoms with Crippen LogP contribution in [0, 0.1) is 0 Å². The van der Waals surface area contributed by atoms with Crippen LogP contribution in [0.25, 0.3) is 0 Å². The molecule has 3 N–H and O–H groups in total. The largest absolute Gasteiger partial charge is 0.416 e. The summed E-state index contributed by atoms with van der Waals surface area (Å²) in [5, 5.41) is 2.72. The molecule has 1 aromatic rings. The quantitative estimate of drug-likeness (QED) is 0.771. The summed E-state index contributed by atoms with van der Waals surface area (Å²) in [4.78, 5) is -0.0644. The Balaban J connectivity index is 3.28. The Morgan fingerprint density at radius 2 is 2.00 bits per heavy atom. The highest BCUT2D eigenvalue weighted by Crippen LogP contribution is 2.31. The number of hydrogen-bond acceptors (Lipinski definition) is 2. The number of rotatable bonds is 2. The third kappa shape index (κ3) is 2.59. The smallest absolute Gasteiger partial charge is 0.389 e. The lowest BCUT2D eigenvalue weighted by Gasteiger charge is -2.12. The molecule has 6 heteroatoms. The number of benzene rings is 1. The standard InChI is InChI=1S/C9H9F3N2S/c1-14-7-3-2-5(9(10,11)12)4-6(7)8(13)15/h2-4,14H,1H3,(H2,13,15). The first-order chi connectivity index (χ1) is 6.86. The van der Waals surface area contributed by atoms with E-state index in [0.29, 0.717) is 5.69 Å². The summed E-state index contributed by atoms with van der Waals surface area (Å²) >= 11 is 4.67. The fourth-order valence-corrected chi connectivity index (χ4v) is 1.31. The minimum Gasteiger partial charge on any atom is -0.389 e. The summed E-state index contributed by atoms with van der Waals surface area (Å²) in [7, 11) is 1.59. The van der Waals surface area contributed by atoms with Crippen molar-refractivity contribution in [3.8, 4) is 0 Å². The van der Waals surface area contributed by atoms with E-state index in [9.17, 15) is 13.2 Å². The van der Waals surface area contributed by atoms with E-state index in [1.165, 1.54) is 6.07 Å². The van der Waals surface area contributed by atoms with Crippen molar-refractivity contribution in [2.75, 3.05) is 12.4 Å². The first-order valence-electron chi connectivity index (χ1n) is 4.05. The molecule has 0 unspecified atom stereocenters. The lowest BCUT2D eigenvalue weighted by molar-refractivity contribution is -0.137. The van der Waals surface area contributed by atoms with Gasteiger partial charge in [0.1, 0.15) is 4.99 Å². The van der Waals surface area contributed by atoms with Crippen LogP contribution in [0.15, 0.2) is 18.2 Å². The maximum atomic E-state index is 12.4. The lowest BCUT2D eigenvalue weighted by Crippen LogP contribution is -2.14. The van der Waals surface area contributed by atoms with E-state index >= 15 is 0 Å². The molecule has 0 saturated heterocycles. The van der Waals surface area contributed by atoms with Gasteiger partial charge in [0.25, 0.3) is 0 Å². The molecule has 0 bridgehead atoms. The Morgan fingerprint density at radius 1 is 1.40 bits per heavy atom. The first kappa shape index (κ1) is 11.8. The maximum absolute atomic E-state index is 12.4. The molecule has 0 aliphatic carbocycles. The topological polar surface area (TPSA) is 38.0 Å². The van der Waals surface area contributed by atoms with Crippen molar-refractivity contribution in [1.82, 2.24) is 0 Å². The second-order valence-electron chi connectivity index (χ2n) is 2.87. The molecule has 0 radical (unpaired) electrons. The van der Waals surface area contributed by atoms with Crippen LogP contribution < -0.4 is 11.1 Å². The normalized spacial score (nSPS) is 11.2. The third-order valence-corrected chi connectivity index (χ3v) is 2.10. The van der Waals surface area contributed by atoms with Gasteiger partial charge in [-0.25, -0.2) is 0 Å². The van der Waals surface area contributed by atoms with Crippen molar-refractivity contribution >= 4 is 22.9 Å². The van der Waals surface area contributed by atoms with Crippen molar-refractivity contribution < 1.29 is 13.2 Å². The summed E-state index contributed by atoms with van der Waals surface area (Å²) in [6.45, 7) is 0. The second kappa shape index (κ2) is 4.06. The fraction of sp³-hybridized carbons (Fsp3) is 0.222. The molecule has 0 fully saturated rings. The molecule has 82 valence electrons. The van der Waals surface area contributed by atoms with Gasteiger partial charge in [-0.15, -0.1) is 0 Å². The molecule has 0 heterocycles. The lowest BCUT2D eigenvalue weighted by atomic mass is 10.1. The van der Waals surface area contributed by atoms with Crippen LogP contribution in [0.2, 0.25) is 0 Å². The van der Waals surface area contributed by atoms with E-state index in [1.54, 1.807) is 7.05 Å². The summed E-state index contributed by atoms with van der Waals surface area (Å²) < 4.78 is 37.1. The minimum atomic E-state index is -4.38. The van der Waals surface area contributed by atoms with Gasteiger partial charge < -0.3 is 11.1 Å². The van der Waals surface area contributed by atoms with Crippen LogP contribution >= 0.6 is 12.2 Å². The van der Waals surface area contributed by atoms with Gasteiger partial charge in [-0.3, -0.25) is 0 Å². The molecule has 0 saturated carbocycles. The van der Waals surface area contributed by atoms with Gasteiger partial charge in [0.2, 0.25) is 0 Å². The van der Waals surface area contributed by atoms with E-state index in [2.05, 4.69) is 17.5 Å². The average Bonchev–Trinajstić information content (AvgIpc) is 2.15. The molecule has 15 heavy (non-hydrogen) atoms. The number of hydrogen-bond donors (Lipinski definition) is 2. The molecular formula is C9H9F3N2S. The summed E-state index contributed by atoms with van der Waals surface area (Å²) in [5.74, 6) is 0. The summed E-state index contributed by atoms with van der Waals surface area (Å²) in [6.07, 6.45) is -4.38. The minimum absolute atomic E-state index is 0.0644. The van der Waals surface area contributed by atoms with Crippen LogP contribution in [0.5, 0.6) is 0 Å². The number of anilines is 1. The Hall–Kier alpha value is -1.30. The summed E-state index contributed by atoms with van der Waals surface area (Å²) in [6, 6.07) is 3.22. The van der Waals surface area contributed by atoms with Crippen LogP contribution in [0.1, 0.15) is 11.1 Å². The van der Waals surface area contributed by atoms with Gasteiger partial charge in [0.15, 0.2) is 0 Å². The van der Waals surface area contributed by atoms with Crippen molar-refractivity contribution in [2.24, 2.45) is 5.73 Å². The highest BCUT2D eigenvalue weighted by atomic mass is 32.1. The molecule has 0 aliphatic rings. The number of nitrogens with two attached hydrogens (primary N) is 1. The molecular weight excluding hydrogens is 225 g/mol. The molecule has 0 aliphatic heterocycles. The Kier molecular flexibility index (Phi) is 3.18. The van der Waals surface area contributed by atoms with Gasteiger partial charge in [-0.05, 0) is 18.2 Å². The zero-order valence-electron chi connectivity index (χ0n) is 7.85. The Bertz CT molecular complexity index is 387. The SMILES string of the molecule is CNc1ccc(C(F)(F)F)cc1C(N)=S. The van der Waals surface area contributed by atoms with E-state index in [1.807, 2.05) is 0 Å². The van der Waals surface area contributed by atoms with Gasteiger partial charge in [-0.1, -0.05) is 12.2 Å². The van der Waals surface area contributed by atoms with E-state index in [4.69, 9.17) is 5.73 Å². The molecule has 1 rings (SSSR count). The Labute approximate surface area is 90.3 Å². The van der Waals surface area contributed by atoms with Crippen LogP contribution in [-0.2, 0) is 6.18 Å². The molecule has 0 atom stereocenters. The van der Waals surface area contributed by atoms with Crippen molar-refractivity contribution in [2.45, 2.75) is 6.18 Å². The molecule has 0 spiro atoms. The maximum Gasteiger partial charge on any atom is 0.416 e. The van der Waals surface area contributed by atoms with Crippen molar-refractivity contribution in [3.63, 3.8) is 0 Å². The number of alkyl halides is 3. The van der Waals surface area contributed by atoms with Gasteiger partial charge in [-0.2, -0.15) is 13.2 Å². The highest BCUT2D eigenvalue weighted by Gasteiger charge is 2.31. The van der Waals surface area contributed by atoms with Gasteiger partial charge >= 0.3 is 6.18 Å². The number of halogens is 3. The van der Waals surface area contributed by atoms with Crippen LogP contribution in [0.4, 0.5) is 18.9 Å². The highest BCUT2D eigenvalue weighted by molar-refractivity contribution is 7.80. The third-order valence-electron chi connectivity index (χ3n) is 1.88. The first-order valence-corrected chi connectivity index (χ1v) is 4.46. The van der Waals surface area contributed by atoms with Crippen molar-refractivity contribution in [1.29, 1.82) is 0 Å². The fourth-order valence-electron chi connectivity index (χ4n) is 1.14. The average molecular weight is 234 g/mol. The second-order valence-corrected chi connectivity index (χ2v) is 3.31. The molecule has 0 aromatic heterocycles. The zero-order chi connectivity index (χ0) is 11.6. The summed E-state index contributed by atoms with van der Waals surface area (Å²) in [5.41, 5.74) is 5.25. The van der Waals surface area contributed by atoms with E-state index in [0.717, 1.165) is 12.1 Å². The Morgan fingerprint density at radius 3 is 2.40 bits per heavy atom. The van der Waals surface area contributed by atoms with E-state index in [-0.39, 0.29) is 10.6 Å². The predicted octanol–water partition coefficient (Wildman–Crippen LogP) is 2.38. The molecule has 0 amide bonds. The number of thiocarbonyl (C=S) groups is 1. The predicted molar refractivity (Wildman–Crippen MR) is 56.9 cm³/mol. The monoisotopic (exact) mass is 234 g/mol. The van der Waals surface area contributed by atoms with Gasteiger partial charge in [0, 0.05) is 18.3 Å².